The molecular weight excluding hydrogens is 717 g/mol. The number of thioether (sulfide) groups is 1. The number of para-hydroxylation sites is 1. The number of nitrogens with two attached hydrogens (primary N) is 2. The Bertz CT molecular complexity index is 1930. The summed E-state index contributed by atoms with van der Waals surface area (Å²) in [5.41, 5.74) is 15.6. The zero-order valence-corrected chi connectivity index (χ0v) is 32.3. The van der Waals surface area contributed by atoms with E-state index in [9.17, 15) is 24.0 Å². The van der Waals surface area contributed by atoms with Crippen LogP contribution in [0, 0.1) is 6.92 Å². The van der Waals surface area contributed by atoms with Crippen LogP contribution in [-0.2, 0) is 47.3 Å². The maximum Gasteiger partial charge on any atom is 0.308 e. The van der Waals surface area contributed by atoms with Gasteiger partial charge in [0.25, 0.3) is 0 Å². The monoisotopic (exact) mass is 768 g/mol. The molecule has 0 bridgehead atoms. The lowest BCUT2D eigenvalue weighted by Gasteiger charge is -2.28. The van der Waals surface area contributed by atoms with E-state index < -0.39 is 59.7 Å². The number of hydrogen-bond acceptors (Lipinski definition) is 8. The molecule has 1 saturated carbocycles. The maximum atomic E-state index is 14.2. The summed E-state index contributed by atoms with van der Waals surface area (Å²) < 4.78 is 5.72. The van der Waals surface area contributed by atoms with Crippen molar-refractivity contribution in [2.75, 3.05) is 5.75 Å². The van der Waals surface area contributed by atoms with Crippen LogP contribution in [-0.4, -0.2) is 70.1 Å². The highest BCUT2D eigenvalue weighted by molar-refractivity contribution is 7.98. The van der Waals surface area contributed by atoms with Crippen molar-refractivity contribution in [1.29, 1.82) is 0 Å². The number of ether oxygens (including phenoxy) is 1. The number of aryl methyl sites for hydroxylation is 1. The van der Waals surface area contributed by atoms with Crippen LogP contribution in [0.4, 0.5) is 0 Å². The first-order valence-corrected chi connectivity index (χ1v) is 19.9. The maximum absolute atomic E-state index is 14.2. The van der Waals surface area contributed by atoms with E-state index in [1.165, 1.54) is 11.8 Å². The molecule has 292 valence electrons. The molecule has 4 amide bonds. The van der Waals surface area contributed by atoms with Gasteiger partial charge in [0.2, 0.25) is 23.6 Å². The van der Waals surface area contributed by atoms with E-state index in [0.717, 1.165) is 65.3 Å². The molecule has 5 rings (SSSR count). The molecule has 4 atom stereocenters. The number of H-pyrrole nitrogens is 1. The molecule has 0 radical (unpaired) electrons. The lowest BCUT2D eigenvalue weighted by atomic mass is 9.92. The van der Waals surface area contributed by atoms with Crippen LogP contribution >= 0.6 is 11.8 Å². The predicted molar refractivity (Wildman–Crippen MR) is 215 cm³/mol. The van der Waals surface area contributed by atoms with Gasteiger partial charge in [-0.2, -0.15) is 11.8 Å². The molecule has 1 fully saturated rings. The Morgan fingerprint density at radius 1 is 0.836 bits per heavy atom. The average molecular weight is 769 g/mol. The number of hydrogen-bond donors (Lipinski definition) is 6. The van der Waals surface area contributed by atoms with Crippen molar-refractivity contribution in [2.24, 2.45) is 11.5 Å². The molecule has 1 aromatic heterocycles. The SMILES string of the molecule is Cc1ccc(CSC[C@H](NC(=O)[C@](C)(N)Cc2c[nH]c3ccccc23)C(=O)N[C@@H](CC(=O)OC2CCCCC2)C(=O)N[C@@H](Cc2ccccc2)C(N)=O)cc1. The van der Waals surface area contributed by atoms with Crippen LogP contribution in [0.15, 0.2) is 85.1 Å². The first-order valence-electron chi connectivity index (χ1n) is 18.8. The summed E-state index contributed by atoms with van der Waals surface area (Å²) in [6, 6.07) is 21.0. The Morgan fingerprint density at radius 3 is 2.20 bits per heavy atom. The molecule has 55 heavy (non-hydrogen) atoms. The van der Waals surface area contributed by atoms with Crippen LogP contribution in [0.5, 0.6) is 0 Å². The molecule has 0 aliphatic heterocycles. The second kappa shape index (κ2) is 19.4. The third-order valence-corrected chi connectivity index (χ3v) is 11.0. The van der Waals surface area contributed by atoms with Crippen molar-refractivity contribution >= 4 is 52.3 Å². The van der Waals surface area contributed by atoms with Crippen LogP contribution in [0.3, 0.4) is 0 Å². The Balaban J connectivity index is 1.35. The number of carbonyl (C=O) groups is 5. The summed E-state index contributed by atoms with van der Waals surface area (Å²) in [6.45, 7) is 3.60. The Hall–Kier alpha value is -5.14. The number of aromatic nitrogens is 1. The van der Waals surface area contributed by atoms with E-state index in [1.807, 2.05) is 67.7 Å². The van der Waals surface area contributed by atoms with Crippen LogP contribution in [0.1, 0.15) is 67.7 Å². The van der Waals surface area contributed by atoms with Gasteiger partial charge in [0.15, 0.2) is 0 Å². The number of nitrogens with one attached hydrogen (secondary N) is 4. The highest BCUT2D eigenvalue weighted by Crippen LogP contribution is 2.23. The van der Waals surface area contributed by atoms with E-state index in [1.54, 1.807) is 31.2 Å². The van der Waals surface area contributed by atoms with E-state index in [0.29, 0.717) is 5.75 Å². The number of fused-ring (bicyclic) bond motifs is 1. The second-order valence-electron chi connectivity index (χ2n) is 14.6. The Kier molecular flexibility index (Phi) is 14.5. The van der Waals surface area contributed by atoms with E-state index in [4.69, 9.17) is 16.2 Å². The lowest BCUT2D eigenvalue weighted by molar-refractivity contribution is -0.152. The summed E-state index contributed by atoms with van der Waals surface area (Å²) in [5, 5.41) is 9.11. The zero-order valence-electron chi connectivity index (χ0n) is 31.5. The number of primary amides is 1. The van der Waals surface area contributed by atoms with Crippen molar-refractivity contribution < 1.29 is 28.7 Å². The third kappa shape index (κ3) is 12.2. The van der Waals surface area contributed by atoms with Crippen LogP contribution < -0.4 is 27.4 Å². The van der Waals surface area contributed by atoms with E-state index in [-0.39, 0.29) is 24.7 Å². The fraction of sp³-hybridized carbons (Fsp3) is 0.405. The fourth-order valence-electron chi connectivity index (χ4n) is 6.65. The molecule has 0 unspecified atom stereocenters. The normalized spacial score (nSPS) is 15.9. The Labute approximate surface area is 326 Å². The van der Waals surface area contributed by atoms with Crippen LogP contribution in [0.2, 0.25) is 0 Å². The summed E-state index contributed by atoms with van der Waals surface area (Å²) in [6.07, 6.45) is 5.70. The number of amides is 4. The number of carbonyl (C=O) groups excluding carboxylic acids is 5. The summed E-state index contributed by atoms with van der Waals surface area (Å²) in [5.74, 6) is -2.80. The number of aromatic amines is 1. The predicted octanol–water partition coefficient (Wildman–Crippen LogP) is 4.12. The topological polar surface area (TPSA) is 198 Å². The van der Waals surface area contributed by atoms with Gasteiger partial charge in [-0.25, -0.2) is 0 Å². The lowest BCUT2D eigenvalue weighted by Crippen LogP contribution is -2.61. The molecule has 12 nitrogen and oxygen atoms in total. The number of benzene rings is 3. The van der Waals surface area contributed by atoms with Gasteiger partial charge >= 0.3 is 5.97 Å². The van der Waals surface area contributed by atoms with Crippen molar-refractivity contribution in [3.63, 3.8) is 0 Å². The van der Waals surface area contributed by atoms with E-state index in [2.05, 4.69) is 20.9 Å². The molecule has 8 N–H and O–H groups in total. The van der Waals surface area contributed by atoms with Crippen LogP contribution in [0.25, 0.3) is 10.9 Å². The summed E-state index contributed by atoms with van der Waals surface area (Å²) >= 11 is 1.42. The fourth-order valence-corrected chi connectivity index (χ4v) is 7.67. The van der Waals surface area contributed by atoms with Gasteiger partial charge in [0, 0.05) is 41.4 Å². The molecule has 1 heterocycles. The average Bonchev–Trinajstić information content (AvgIpc) is 3.57. The minimum Gasteiger partial charge on any atom is -0.462 e. The van der Waals surface area contributed by atoms with Gasteiger partial charge in [-0.1, -0.05) is 84.8 Å². The highest BCUT2D eigenvalue weighted by Gasteiger charge is 2.36. The molecule has 0 spiro atoms. The summed E-state index contributed by atoms with van der Waals surface area (Å²) in [7, 11) is 0. The Morgan fingerprint density at radius 2 is 1.49 bits per heavy atom. The second-order valence-corrected chi connectivity index (χ2v) is 15.7. The van der Waals surface area contributed by atoms with Crippen molar-refractivity contribution in [3.8, 4) is 0 Å². The zero-order chi connectivity index (χ0) is 39.4. The van der Waals surface area contributed by atoms with Gasteiger partial charge in [-0.3, -0.25) is 24.0 Å². The first-order chi connectivity index (χ1) is 26.4. The van der Waals surface area contributed by atoms with Crippen molar-refractivity contribution in [3.05, 3.63) is 107 Å². The molecule has 4 aromatic rings. The quantitative estimate of drug-likeness (QED) is 0.0813. The van der Waals surface area contributed by atoms with Crippen molar-refractivity contribution in [1.82, 2.24) is 20.9 Å². The molecule has 3 aromatic carbocycles. The minimum absolute atomic E-state index is 0.106. The van der Waals surface area contributed by atoms with Crippen molar-refractivity contribution in [2.45, 2.75) is 101 Å². The first kappa shape index (κ1) is 41.0. The largest absolute Gasteiger partial charge is 0.462 e. The third-order valence-electron chi connectivity index (χ3n) is 9.84. The van der Waals surface area contributed by atoms with Gasteiger partial charge in [-0.15, -0.1) is 0 Å². The molecular formula is C42H52N6O6S. The minimum atomic E-state index is -1.43. The molecule has 1 aliphatic rings. The number of rotatable bonds is 18. The van der Waals surface area contributed by atoms with Gasteiger partial charge in [-0.05, 0) is 62.3 Å². The highest BCUT2D eigenvalue weighted by atomic mass is 32.2. The van der Waals surface area contributed by atoms with Gasteiger partial charge in [0.1, 0.15) is 24.2 Å². The standard InChI is InChI=1S/C42H52N6O6S/c1-27-17-19-29(20-18-27)25-55-26-36(48-41(53)42(2,44)23-30-24-45-33-16-10-9-15-32(30)33)40(52)47-35(22-37(49)54-31-13-7-4-8-14-31)39(51)46-34(38(43)50)21-28-11-5-3-6-12-28/h3,5-6,9-12,15-20,24,31,34-36,45H,4,7-8,13-14,21-23,25-26,44H2,1-2H3,(H2,43,50)(H,46,51)(H,47,52)(H,48,53)/t34-,35-,36-,42+/m0/s1. The van der Waals surface area contributed by atoms with Gasteiger partial charge < -0.3 is 37.1 Å². The molecule has 13 heteroatoms. The van der Waals surface area contributed by atoms with Gasteiger partial charge in [0.05, 0.1) is 12.0 Å². The molecule has 1 aliphatic carbocycles. The number of esters is 1. The molecule has 0 saturated heterocycles. The van der Waals surface area contributed by atoms with E-state index >= 15 is 0 Å². The smallest absolute Gasteiger partial charge is 0.308 e. The summed E-state index contributed by atoms with van der Waals surface area (Å²) in [4.78, 5) is 70.9.